The van der Waals surface area contributed by atoms with E-state index in [2.05, 4.69) is 9.13 Å². The van der Waals surface area contributed by atoms with Gasteiger partial charge in [-0.05, 0) is 18.2 Å². The Kier molecular flexibility index (Phi) is 5.15. The molecule has 26 heavy (non-hydrogen) atoms. The lowest BCUT2D eigenvalue weighted by molar-refractivity contribution is -0.141. The lowest BCUT2D eigenvalue weighted by Crippen LogP contribution is -2.22. The monoisotopic (exact) mass is 438 g/mol. The van der Waals surface area contributed by atoms with E-state index in [0.717, 1.165) is 40.4 Å². The van der Waals surface area contributed by atoms with Gasteiger partial charge in [-0.3, -0.25) is 4.79 Å². The summed E-state index contributed by atoms with van der Waals surface area (Å²) in [6.45, 7) is -0.487. The molecule has 0 amide bonds. The minimum atomic E-state index is -4.15. The number of halogens is 3. The Labute approximate surface area is 159 Å². The molecule has 138 valence electrons. The van der Waals surface area contributed by atoms with Crippen LogP contribution in [0.5, 0.6) is 0 Å². The zero-order chi connectivity index (χ0) is 19.1. The average molecular weight is 439 g/mol. The summed E-state index contributed by atoms with van der Waals surface area (Å²) in [7, 11) is -3.01. The van der Waals surface area contributed by atoms with E-state index in [4.69, 9.17) is 11.6 Å². The van der Waals surface area contributed by atoms with Gasteiger partial charge in [-0.1, -0.05) is 22.9 Å². The third kappa shape index (κ3) is 3.65. The van der Waals surface area contributed by atoms with Crippen LogP contribution in [0.2, 0.25) is 4.34 Å². The van der Waals surface area contributed by atoms with Gasteiger partial charge in [0.2, 0.25) is 4.80 Å². The first-order valence-corrected chi connectivity index (χ1v) is 10.3. The van der Waals surface area contributed by atoms with Gasteiger partial charge >= 0.3 is 5.97 Å². The third-order valence-corrected chi connectivity index (χ3v) is 7.32. The van der Waals surface area contributed by atoms with Gasteiger partial charge in [-0.25, -0.2) is 8.78 Å². The largest absolute Gasteiger partial charge is 0.468 e. The van der Waals surface area contributed by atoms with E-state index in [9.17, 15) is 22.0 Å². The maximum absolute atomic E-state index is 14.2. The zero-order valence-corrected chi connectivity index (χ0v) is 16.1. The van der Waals surface area contributed by atoms with Gasteiger partial charge in [-0.15, -0.1) is 15.7 Å². The highest BCUT2D eigenvalue weighted by Crippen LogP contribution is 2.27. The number of esters is 1. The minimum Gasteiger partial charge on any atom is -0.468 e. The van der Waals surface area contributed by atoms with Crippen LogP contribution in [0.3, 0.4) is 0 Å². The average Bonchev–Trinajstić information content (AvgIpc) is 3.12. The second-order valence-corrected chi connectivity index (χ2v) is 9.46. The second kappa shape index (κ2) is 7.06. The molecule has 0 spiro atoms. The Morgan fingerprint density at radius 3 is 2.65 bits per heavy atom. The number of thiophene rings is 1. The van der Waals surface area contributed by atoms with Crippen molar-refractivity contribution in [2.45, 2.75) is 10.8 Å². The van der Waals surface area contributed by atoms with Crippen molar-refractivity contribution >= 4 is 60.5 Å². The first-order valence-electron chi connectivity index (χ1n) is 6.83. The number of thiazole rings is 1. The summed E-state index contributed by atoms with van der Waals surface area (Å²) in [6.07, 6.45) is 0. The number of hydrogen-bond donors (Lipinski definition) is 0. The number of nitrogens with zero attached hydrogens (tertiary/aromatic N) is 2. The van der Waals surface area contributed by atoms with Crippen LogP contribution in [-0.2, 0) is 26.1 Å². The molecule has 12 heteroatoms. The summed E-state index contributed by atoms with van der Waals surface area (Å²) in [6, 6.07) is 4.35. The number of aromatic nitrogens is 1. The molecule has 2 aromatic heterocycles. The lowest BCUT2D eigenvalue weighted by Gasteiger charge is -2.04. The summed E-state index contributed by atoms with van der Waals surface area (Å²) in [4.78, 5) is 11.5. The quantitative estimate of drug-likeness (QED) is 0.586. The molecule has 0 saturated carbocycles. The Hall–Kier alpha value is -1.82. The number of carbonyl (C=O) groups excluding carboxylic acids is 1. The molecule has 2 heterocycles. The van der Waals surface area contributed by atoms with Crippen LogP contribution >= 0.6 is 34.3 Å². The number of hydrogen-bond acceptors (Lipinski definition) is 6. The highest BCUT2D eigenvalue weighted by molar-refractivity contribution is 7.92. The van der Waals surface area contributed by atoms with Crippen LogP contribution in [-0.4, -0.2) is 26.1 Å². The Bertz CT molecular complexity index is 1180. The van der Waals surface area contributed by atoms with E-state index in [0.29, 0.717) is 6.07 Å². The molecule has 3 rings (SSSR count). The second-order valence-electron chi connectivity index (χ2n) is 4.91. The fourth-order valence-corrected chi connectivity index (χ4v) is 5.86. The van der Waals surface area contributed by atoms with Crippen LogP contribution in [0.25, 0.3) is 10.2 Å². The van der Waals surface area contributed by atoms with E-state index in [1.807, 2.05) is 0 Å². The maximum atomic E-state index is 14.2. The van der Waals surface area contributed by atoms with Gasteiger partial charge in [0.1, 0.15) is 16.6 Å². The van der Waals surface area contributed by atoms with Crippen molar-refractivity contribution in [2.75, 3.05) is 7.11 Å². The number of rotatable bonds is 4. The molecule has 0 atom stereocenters. The van der Waals surface area contributed by atoms with Crippen molar-refractivity contribution in [3.05, 3.63) is 45.0 Å². The molecule has 6 nitrogen and oxygen atoms in total. The first kappa shape index (κ1) is 19.0. The summed E-state index contributed by atoms with van der Waals surface area (Å²) >= 11 is 7.29. The first-order chi connectivity index (χ1) is 12.2. The summed E-state index contributed by atoms with van der Waals surface area (Å²) in [5.41, 5.74) is -0.139. The highest BCUT2D eigenvalue weighted by Gasteiger charge is 2.20. The molecular weight excluding hydrogens is 430 g/mol. The number of carbonyl (C=O) groups is 1. The van der Waals surface area contributed by atoms with E-state index in [1.54, 1.807) is 0 Å². The van der Waals surface area contributed by atoms with Crippen molar-refractivity contribution < 1.29 is 26.7 Å². The smallest absolute Gasteiger partial charge is 0.325 e. The van der Waals surface area contributed by atoms with Crippen molar-refractivity contribution in [3.63, 3.8) is 0 Å². The molecular formula is C14H9ClF2N2O4S3. The van der Waals surface area contributed by atoms with Crippen LogP contribution in [0.15, 0.2) is 32.9 Å². The van der Waals surface area contributed by atoms with Crippen LogP contribution in [0.1, 0.15) is 0 Å². The van der Waals surface area contributed by atoms with Crippen molar-refractivity contribution in [2.24, 2.45) is 4.40 Å². The fourth-order valence-electron chi connectivity index (χ4n) is 2.12. The molecule has 0 aliphatic heterocycles. The Morgan fingerprint density at radius 2 is 2.04 bits per heavy atom. The topological polar surface area (TPSA) is 77.7 Å². The van der Waals surface area contributed by atoms with Gasteiger partial charge in [0.05, 0.1) is 21.7 Å². The molecule has 0 radical (unpaired) electrons. The van der Waals surface area contributed by atoms with E-state index in [-0.39, 0.29) is 23.6 Å². The predicted molar refractivity (Wildman–Crippen MR) is 93.8 cm³/mol. The number of methoxy groups -OCH3 is 1. The van der Waals surface area contributed by atoms with Crippen molar-refractivity contribution in [1.29, 1.82) is 0 Å². The third-order valence-electron chi connectivity index (χ3n) is 3.21. The minimum absolute atomic E-state index is 0.101. The summed E-state index contributed by atoms with van der Waals surface area (Å²) in [5.74, 6) is -2.52. The maximum Gasteiger partial charge on any atom is 0.325 e. The van der Waals surface area contributed by atoms with Crippen LogP contribution < -0.4 is 4.80 Å². The zero-order valence-electron chi connectivity index (χ0n) is 12.9. The molecule has 0 aliphatic carbocycles. The molecule has 0 saturated heterocycles. The van der Waals surface area contributed by atoms with Crippen LogP contribution in [0, 0.1) is 11.6 Å². The molecule has 0 N–H and O–H groups in total. The van der Waals surface area contributed by atoms with Crippen LogP contribution in [0.4, 0.5) is 8.78 Å². The molecule has 0 aliphatic rings. The number of fused-ring (bicyclic) bond motifs is 1. The predicted octanol–water partition coefficient (Wildman–Crippen LogP) is 3.16. The Balaban J connectivity index is 2.29. The van der Waals surface area contributed by atoms with Gasteiger partial charge in [0.15, 0.2) is 5.82 Å². The van der Waals surface area contributed by atoms with E-state index >= 15 is 0 Å². The highest BCUT2D eigenvalue weighted by atomic mass is 35.5. The SMILES string of the molecule is COC(=O)Cn1/c(=N/S(=O)(=O)c2ccc(Cl)s2)sc2cc(F)cc(F)c21. The van der Waals surface area contributed by atoms with Gasteiger partial charge in [-0.2, -0.15) is 8.42 Å². The van der Waals surface area contributed by atoms with Gasteiger partial charge < -0.3 is 9.30 Å². The van der Waals surface area contributed by atoms with Crippen molar-refractivity contribution in [1.82, 2.24) is 4.57 Å². The van der Waals surface area contributed by atoms with Gasteiger partial charge in [0, 0.05) is 6.07 Å². The number of sulfonamides is 1. The lowest BCUT2D eigenvalue weighted by atomic mass is 10.3. The molecule has 1 aromatic carbocycles. The normalized spacial score (nSPS) is 12.7. The van der Waals surface area contributed by atoms with Gasteiger partial charge in [0.25, 0.3) is 10.0 Å². The fraction of sp³-hybridized carbons (Fsp3) is 0.143. The molecule has 0 bridgehead atoms. The molecule has 0 fully saturated rings. The summed E-state index contributed by atoms with van der Waals surface area (Å²) < 4.78 is 62.1. The number of benzene rings is 1. The van der Waals surface area contributed by atoms with Crippen molar-refractivity contribution in [3.8, 4) is 0 Å². The standard InChI is InChI=1S/C14H9ClF2N2O4S3/c1-23-11(20)6-19-13-8(17)4-7(16)5-9(13)24-14(19)18-26(21,22)12-3-2-10(15)25-12/h2-5H,6H2,1H3/b18-14-. The van der Waals surface area contributed by atoms with E-state index < -0.39 is 34.2 Å². The van der Waals surface area contributed by atoms with E-state index in [1.165, 1.54) is 12.1 Å². The molecule has 0 unspecified atom stereocenters. The number of ether oxygens (including phenoxy) is 1. The molecule has 3 aromatic rings. The Morgan fingerprint density at radius 1 is 1.31 bits per heavy atom. The summed E-state index contributed by atoms with van der Waals surface area (Å²) in [5, 5.41) is 0.